The van der Waals surface area contributed by atoms with Gasteiger partial charge in [-0.25, -0.2) is 17.5 Å². The van der Waals surface area contributed by atoms with E-state index in [4.69, 9.17) is 4.74 Å². The van der Waals surface area contributed by atoms with E-state index in [1.165, 1.54) is 13.2 Å². The Labute approximate surface area is 167 Å². The molecule has 0 atom stereocenters. The van der Waals surface area contributed by atoms with Crippen LogP contribution in [0.4, 0.5) is 21.7 Å². The van der Waals surface area contributed by atoms with E-state index in [1.807, 2.05) is 0 Å². The van der Waals surface area contributed by atoms with Gasteiger partial charge in [0.15, 0.2) is 5.82 Å². The lowest BCUT2D eigenvalue weighted by atomic mass is 10.3. The molecule has 2 heterocycles. The van der Waals surface area contributed by atoms with Gasteiger partial charge < -0.3 is 15.4 Å². The highest BCUT2D eigenvalue weighted by molar-refractivity contribution is 7.89. The van der Waals surface area contributed by atoms with Crippen LogP contribution in [0, 0.1) is 5.82 Å². The molecule has 0 fully saturated rings. The first kappa shape index (κ1) is 20.4. The second kappa shape index (κ2) is 9.26. The Kier molecular flexibility index (Phi) is 6.52. The zero-order valence-corrected chi connectivity index (χ0v) is 16.3. The van der Waals surface area contributed by atoms with Crippen molar-refractivity contribution in [3.63, 3.8) is 0 Å². The van der Waals surface area contributed by atoms with Crippen LogP contribution in [-0.4, -0.2) is 43.8 Å². The summed E-state index contributed by atoms with van der Waals surface area (Å²) in [4.78, 5) is 3.68. The summed E-state index contributed by atoms with van der Waals surface area (Å²) in [5, 5.41) is 14.1. The van der Waals surface area contributed by atoms with E-state index in [9.17, 15) is 12.8 Å². The molecular formula is C18H19FN6O3S. The third-order valence-corrected chi connectivity index (χ3v) is 5.24. The van der Waals surface area contributed by atoms with Gasteiger partial charge in [0.05, 0.1) is 7.11 Å². The number of hydrogen-bond donors (Lipinski definition) is 3. The largest absolute Gasteiger partial charge is 0.495 e. The second-order valence-corrected chi connectivity index (χ2v) is 7.52. The molecule has 9 nitrogen and oxygen atoms in total. The lowest BCUT2D eigenvalue weighted by Crippen LogP contribution is -2.29. The molecule has 0 aliphatic heterocycles. The summed E-state index contributed by atoms with van der Waals surface area (Å²) in [5.41, 5.74) is 0.831. The molecule has 0 spiro atoms. The molecule has 0 aliphatic carbocycles. The first-order valence-corrected chi connectivity index (χ1v) is 10.0. The molecule has 1 aromatic carbocycles. The molecule has 3 aromatic rings. The van der Waals surface area contributed by atoms with Gasteiger partial charge in [-0.1, -0.05) is 0 Å². The van der Waals surface area contributed by atoms with Gasteiger partial charge in [0, 0.05) is 31.2 Å². The minimum absolute atomic E-state index is 0.0562. The molecule has 0 aliphatic rings. The van der Waals surface area contributed by atoms with Crippen LogP contribution < -0.4 is 20.1 Å². The molecule has 0 unspecified atom stereocenters. The van der Waals surface area contributed by atoms with Crippen molar-refractivity contribution < 1.29 is 17.5 Å². The van der Waals surface area contributed by atoms with Gasteiger partial charge >= 0.3 is 0 Å². The van der Waals surface area contributed by atoms with Crippen LogP contribution in [0.15, 0.2) is 59.8 Å². The van der Waals surface area contributed by atoms with Gasteiger partial charge in [0.1, 0.15) is 22.3 Å². The minimum atomic E-state index is -3.93. The smallest absolute Gasteiger partial charge is 0.244 e. The number of pyridine rings is 1. The Balaban J connectivity index is 1.52. The standard InChI is InChI=1S/C18H19FN6O3S/c1-28-15-3-2-13(19)12-16(15)29(26,27)22-11-10-21-17-4-5-18(25-24-17)23-14-6-8-20-9-7-14/h2-9,12,22H,10-11H2,1H3,(H,21,24)(H,20,23,25). The fourth-order valence-corrected chi connectivity index (χ4v) is 3.60. The van der Waals surface area contributed by atoms with Crippen molar-refractivity contribution in [3.8, 4) is 5.75 Å². The van der Waals surface area contributed by atoms with E-state index < -0.39 is 15.8 Å². The molecule has 29 heavy (non-hydrogen) atoms. The highest BCUT2D eigenvalue weighted by Gasteiger charge is 2.19. The Morgan fingerprint density at radius 2 is 1.72 bits per heavy atom. The summed E-state index contributed by atoms with van der Waals surface area (Å²) in [6.45, 7) is 0.309. The Bertz CT molecular complexity index is 1050. The molecule has 3 N–H and O–H groups in total. The van der Waals surface area contributed by atoms with E-state index in [-0.39, 0.29) is 23.7 Å². The average molecular weight is 418 g/mol. The number of hydrogen-bond acceptors (Lipinski definition) is 8. The maximum Gasteiger partial charge on any atom is 0.244 e. The first-order valence-electron chi connectivity index (χ1n) is 8.56. The molecule has 0 radical (unpaired) electrons. The lowest BCUT2D eigenvalue weighted by molar-refractivity contribution is 0.400. The number of sulfonamides is 1. The summed E-state index contributed by atoms with van der Waals surface area (Å²) in [5.74, 6) is 0.434. The Morgan fingerprint density at radius 1 is 1.00 bits per heavy atom. The van der Waals surface area contributed by atoms with E-state index in [2.05, 4.69) is 30.5 Å². The molecule has 0 saturated carbocycles. The molecule has 152 valence electrons. The number of ether oxygens (including phenoxy) is 1. The van der Waals surface area contributed by atoms with Crippen LogP contribution in [-0.2, 0) is 10.0 Å². The van der Waals surface area contributed by atoms with Crippen molar-refractivity contribution in [1.82, 2.24) is 19.9 Å². The number of anilines is 3. The van der Waals surface area contributed by atoms with Gasteiger partial charge in [-0.15, -0.1) is 10.2 Å². The van der Waals surface area contributed by atoms with Gasteiger partial charge in [-0.2, -0.15) is 0 Å². The minimum Gasteiger partial charge on any atom is -0.495 e. The molecule has 0 bridgehead atoms. The SMILES string of the molecule is COc1ccc(F)cc1S(=O)(=O)NCCNc1ccc(Nc2ccncc2)nn1. The fraction of sp³-hybridized carbons (Fsp3) is 0.167. The van der Waals surface area contributed by atoms with Crippen molar-refractivity contribution in [2.75, 3.05) is 30.8 Å². The molecule has 0 saturated heterocycles. The predicted molar refractivity (Wildman–Crippen MR) is 106 cm³/mol. The number of nitrogens with zero attached hydrogens (tertiary/aromatic N) is 3. The summed E-state index contributed by atoms with van der Waals surface area (Å²) in [6, 6.07) is 10.3. The first-order chi connectivity index (χ1) is 14.0. The van der Waals surface area contributed by atoms with Crippen LogP contribution in [0.1, 0.15) is 0 Å². The van der Waals surface area contributed by atoms with Crippen LogP contribution in [0.2, 0.25) is 0 Å². The molecule has 11 heteroatoms. The van der Waals surface area contributed by atoms with Gasteiger partial charge in [0.2, 0.25) is 10.0 Å². The summed E-state index contributed by atoms with van der Waals surface area (Å²) < 4.78 is 45.5. The van der Waals surface area contributed by atoms with E-state index >= 15 is 0 Å². The van der Waals surface area contributed by atoms with Gasteiger partial charge in [-0.05, 0) is 42.5 Å². The quantitative estimate of drug-likeness (QED) is 0.453. The summed E-state index contributed by atoms with van der Waals surface area (Å²) in [7, 11) is -2.61. The Morgan fingerprint density at radius 3 is 2.41 bits per heavy atom. The number of methoxy groups -OCH3 is 1. The number of halogens is 1. The van der Waals surface area contributed by atoms with Gasteiger partial charge in [0.25, 0.3) is 0 Å². The van der Waals surface area contributed by atoms with E-state index in [1.54, 1.807) is 36.7 Å². The summed E-state index contributed by atoms with van der Waals surface area (Å²) in [6.07, 6.45) is 3.32. The van der Waals surface area contributed by atoms with Crippen molar-refractivity contribution >= 4 is 27.3 Å². The van der Waals surface area contributed by atoms with E-state index in [0.29, 0.717) is 11.6 Å². The number of rotatable bonds is 9. The Hall–Kier alpha value is -3.31. The van der Waals surface area contributed by atoms with Crippen LogP contribution in [0.25, 0.3) is 0 Å². The number of benzene rings is 1. The molecule has 0 amide bonds. The fourth-order valence-electron chi connectivity index (χ4n) is 2.39. The summed E-state index contributed by atoms with van der Waals surface area (Å²) >= 11 is 0. The average Bonchev–Trinajstić information content (AvgIpc) is 2.73. The van der Waals surface area contributed by atoms with Crippen molar-refractivity contribution in [2.24, 2.45) is 0 Å². The highest BCUT2D eigenvalue weighted by atomic mass is 32.2. The molecular weight excluding hydrogens is 399 g/mol. The van der Waals surface area contributed by atoms with Crippen LogP contribution in [0.5, 0.6) is 5.75 Å². The lowest BCUT2D eigenvalue weighted by Gasteiger charge is -2.11. The monoisotopic (exact) mass is 418 g/mol. The third kappa shape index (κ3) is 5.59. The van der Waals surface area contributed by atoms with E-state index in [0.717, 1.165) is 17.8 Å². The van der Waals surface area contributed by atoms with Gasteiger partial charge in [-0.3, -0.25) is 4.98 Å². The van der Waals surface area contributed by atoms with Crippen LogP contribution >= 0.6 is 0 Å². The normalized spacial score (nSPS) is 11.1. The number of nitrogens with one attached hydrogen (secondary N) is 3. The van der Waals surface area contributed by atoms with Crippen molar-refractivity contribution in [3.05, 3.63) is 60.7 Å². The maximum atomic E-state index is 13.4. The zero-order valence-electron chi connectivity index (χ0n) is 15.5. The predicted octanol–water partition coefficient (Wildman–Crippen LogP) is 2.15. The number of aromatic nitrogens is 3. The van der Waals surface area contributed by atoms with Crippen LogP contribution in [0.3, 0.4) is 0 Å². The van der Waals surface area contributed by atoms with Crippen molar-refractivity contribution in [2.45, 2.75) is 4.90 Å². The zero-order chi connectivity index (χ0) is 20.7. The second-order valence-electron chi connectivity index (χ2n) is 5.78. The highest BCUT2D eigenvalue weighted by Crippen LogP contribution is 2.24. The molecule has 2 aromatic heterocycles. The van der Waals surface area contributed by atoms with Crippen molar-refractivity contribution in [1.29, 1.82) is 0 Å². The maximum absolute atomic E-state index is 13.4. The topological polar surface area (TPSA) is 118 Å². The third-order valence-electron chi connectivity index (χ3n) is 3.76. The molecule has 3 rings (SSSR count).